The molecule has 166 valence electrons. The Morgan fingerprint density at radius 3 is 2.19 bits per heavy atom. The summed E-state index contributed by atoms with van der Waals surface area (Å²) in [4.78, 5) is 20.8. The number of benzene rings is 1. The summed E-state index contributed by atoms with van der Waals surface area (Å²) in [5, 5.41) is 0. The lowest BCUT2D eigenvalue weighted by Gasteiger charge is -2.36. The minimum absolute atomic E-state index is 0.229. The molecule has 2 fully saturated rings. The van der Waals surface area contributed by atoms with Crippen LogP contribution in [-0.4, -0.2) is 44.2 Å². The molecule has 0 radical (unpaired) electrons. The van der Waals surface area contributed by atoms with Crippen LogP contribution in [0.25, 0.3) is 0 Å². The van der Waals surface area contributed by atoms with Crippen molar-refractivity contribution in [2.45, 2.75) is 46.1 Å². The van der Waals surface area contributed by atoms with Crippen LogP contribution in [0.15, 0.2) is 53.3 Å². The SMILES string of the molecule is CC1CCN(c2cc(C(C)C)ccc(CN3CCN(c4ccccc4)CC3)c2=O)CC1. The summed E-state index contributed by atoms with van der Waals surface area (Å²) in [7, 11) is 0. The smallest absolute Gasteiger partial charge is 0.206 e. The van der Waals surface area contributed by atoms with Crippen molar-refractivity contribution in [3.8, 4) is 0 Å². The summed E-state index contributed by atoms with van der Waals surface area (Å²) in [6, 6.07) is 17.1. The van der Waals surface area contributed by atoms with E-state index in [2.05, 4.69) is 84.0 Å². The maximum atomic E-state index is 13.6. The summed E-state index contributed by atoms with van der Waals surface area (Å²) in [6.07, 6.45) is 2.34. The number of para-hydroxylation sites is 1. The van der Waals surface area contributed by atoms with Gasteiger partial charge in [-0.3, -0.25) is 9.69 Å². The van der Waals surface area contributed by atoms with Gasteiger partial charge in [0.15, 0.2) is 0 Å². The number of anilines is 2. The predicted molar refractivity (Wildman–Crippen MR) is 131 cm³/mol. The van der Waals surface area contributed by atoms with Gasteiger partial charge in [0, 0.05) is 57.1 Å². The highest BCUT2D eigenvalue weighted by Gasteiger charge is 2.22. The Bertz CT molecular complexity index is 911. The fraction of sp³-hybridized carbons (Fsp3) is 0.519. The maximum Gasteiger partial charge on any atom is 0.206 e. The van der Waals surface area contributed by atoms with Crippen molar-refractivity contribution >= 4 is 11.4 Å². The zero-order valence-electron chi connectivity index (χ0n) is 19.4. The Morgan fingerprint density at radius 2 is 1.55 bits per heavy atom. The molecule has 0 saturated carbocycles. The summed E-state index contributed by atoms with van der Waals surface area (Å²) in [6.45, 7) is 13.5. The summed E-state index contributed by atoms with van der Waals surface area (Å²) in [5.41, 5.74) is 4.63. The van der Waals surface area contributed by atoms with Gasteiger partial charge in [0.05, 0.1) is 5.69 Å². The monoisotopic (exact) mass is 419 g/mol. The van der Waals surface area contributed by atoms with Crippen molar-refractivity contribution in [1.29, 1.82) is 0 Å². The molecule has 2 aliphatic heterocycles. The average molecular weight is 420 g/mol. The van der Waals surface area contributed by atoms with Gasteiger partial charge in [0.2, 0.25) is 5.43 Å². The molecule has 0 aliphatic carbocycles. The largest absolute Gasteiger partial charge is 0.369 e. The Balaban J connectivity index is 1.52. The van der Waals surface area contributed by atoms with Gasteiger partial charge >= 0.3 is 0 Å². The van der Waals surface area contributed by atoms with Crippen molar-refractivity contribution in [1.82, 2.24) is 4.90 Å². The second kappa shape index (κ2) is 9.86. The summed E-state index contributed by atoms with van der Waals surface area (Å²) < 4.78 is 0. The molecule has 0 spiro atoms. The van der Waals surface area contributed by atoms with Gasteiger partial charge in [-0.2, -0.15) is 0 Å². The van der Waals surface area contributed by atoms with Crippen LogP contribution >= 0.6 is 0 Å². The molecule has 31 heavy (non-hydrogen) atoms. The third-order valence-electron chi connectivity index (χ3n) is 6.98. The quantitative estimate of drug-likeness (QED) is 0.700. The molecule has 4 rings (SSSR count). The van der Waals surface area contributed by atoms with E-state index in [1.807, 2.05) is 0 Å². The van der Waals surface area contributed by atoms with E-state index in [1.165, 1.54) is 24.1 Å². The lowest BCUT2D eigenvalue weighted by atomic mass is 9.98. The highest BCUT2D eigenvalue weighted by Crippen LogP contribution is 2.24. The van der Waals surface area contributed by atoms with E-state index in [4.69, 9.17) is 0 Å². The molecule has 0 aromatic heterocycles. The Kier molecular flexibility index (Phi) is 6.96. The minimum atomic E-state index is 0.229. The number of piperazine rings is 1. The summed E-state index contributed by atoms with van der Waals surface area (Å²) >= 11 is 0. The van der Waals surface area contributed by atoms with E-state index in [9.17, 15) is 4.79 Å². The van der Waals surface area contributed by atoms with Gasteiger partial charge in [-0.25, -0.2) is 0 Å². The number of hydrogen-bond donors (Lipinski definition) is 0. The topological polar surface area (TPSA) is 26.8 Å². The number of nitrogens with zero attached hydrogens (tertiary/aromatic N) is 3. The second-order valence-electron chi connectivity index (χ2n) is 9.64. The first-order valence-corrected chi connectivity index (χ1v) is 12.0. The molecule has 2 aromatic rings. The van der Waals surface area contributed by atoms with Gasteiger partial charge in [-0.1, -0.05) is 51.1 Å². The highest BCUT2D eigenvalue weighted by molar-refractivity contribution is 5.51. The van der Waals surface area contributed by atoms with Crippen molar-refractivity contribution in [3.63, 3.8) is 0 Å². The van der Waals surface area contributed by atoms with Crippen LogP contribution in [0.3, 0.4) is 0 Å². The molecule has 2 aliphatic rings. The molecule has 2 aromatic carbocycles. The van der Waals surface area contributed by atoms with Gasteiger partial charge in [-0.05, 0) is 48.4 Å². The van der Waals surface area contributed by atoms with Gasteiger partial charge < -0.3 is 9.80 Å². The number of rotatable bonds is 5. The van der Waals surface area contributed by atoms with E-state index in [0.717, 1.165) is 63.0 Å². The van der Waals surface area contributed by atoms with Crippen LogP contribution in [0, 0.1) is 5.92 Å². The normalized spacial score (nSPS) is 18.6. The van der Waals surface area contributed by atoms with E-state index in [0.29, 0.717) is 5.92 Å². The van der Waals surface area contributed by atoms with Crippen molar-refractivity contribution in [2.24, 2.45) is 5.92 Å². The predicted octanol–water partition coefficient (Wildman–Crippen LogP) is 4.73. The van der Waals surface area contributed by atoms with Gasteiger partial charge in [0.1, 0.15) is 0 Å². The Hall–Kier alpha value is -2.33. The zero-order chi connectivity index (χ0) is 21.8. The molecule has 4 heteroatoms. The van der Waals surface area contributed by atoms with E-state index >= 15 is 0 Å². The van der Waals surface area contributed by atoms with Gasteiger partial charge in [-0.15, -0.1) is 0 Å². The second-order valence-corrected chi connectivity index (χ2v) is 9.64. The van der Waals surface area contributed by atoms with Crippen LogP contribution in [0.2, 0.25) is 0 Å². The Morgan fingerprint density at radius 1 is 0.871 bits per heavy atom. The third-order valence-corrected chi connectivity index (χ3v) is 6.98. The number of hydrogen-bond acceptors (Lipinski definition) is 4. The molecule has 0 bridgehead atoms. The van der Waals surface area contributed by atoms with Crippen LogP contribution in [0.1, 0.15) is 50.7 Å². The van der Waals surface area contributed by atoms with Crippen LogP contribution < -0.4 is 15.2 Å². The average Bonchev–Trinajstić information content (AvgIpc) is 2.95. The fourth-order valence-corrected chi connectivity index (χ4v) is 4.72. The van der Waals surface area contributed by atoms with Crippen LogP contribution in [-0.2, 0) is 6.54 Å². The maximum absolute atomic E-state index is 13.6. The van der Waals surface area contributed by atoms with Crippen molar-refractivity contribution < 1.29 is 0 Å². The molecule has 2 saturated heterocycles. The minimum Gasteiger partial charge on any atom is -0.369 e. The first-order valence-electron chi connectivity index (χ1n) is 12.0. The molecule has 0 amide bonds. The van der Waals surface area contributed by atoms with Gasteiger partial charge in [0.25, 0.3) is 0 Å². The first-order chi connectivity index (χ1) is 15.0. The standard InChI is InChI=1S/C27H37N3O/c1-21(2)23-9-10-24(27(31)26(19-23)30-13-11-22(3)12-14-30)20-28-15-17-29(18-16-28)25-7-5-4-6-8-25/h4-10,19,21-22H,11-18,20H2,1-3H3. The number of piperidine rings is 1. The molecule has 4 nitrogen and oxygen atoms in total. The van der Waals surface area contributed by atoms with Crippen molar-refractivity contribution in [2.75, 3.05) is 49.1 Å². The summed E-state index contributed by atoms with van der Waals surface area (Å²) in [5.74, 6) is 1.17. The van der Waals surface area contributed by atoms with E-state index in [-0.39, 0.29) is 5.43 Å². The highest BCUT2D eigenvalue weighted by atomic mass is 16.1. The van der Waals surface area contributed by atoms with E-state index in [1.54, 1.807) is 0 Å². The fourth-order valence-electron chi connectivity index (χ4n) is 4.72. The molecule has 0 atom stereocenters. The lowest BCUT2D eigenvalue weighted by molar-refractivity contribution is 0.249. The lowest BCUT2D eigenvalue weighted by Crippen LogP contribution is -2.46. The molecule has 0 N–H and O–H groups in total. The third kappa shape index (κ3) is 5.30. The van der Waals surface area contributed by atoms with Crippen LogP contribution in [0.4, 0.5) is 11.4 Å². The molecular formula is C27H37N3O. The molecular weight excluding hydrogens is 382 g/mol. The van der Waals surface area contributed by atoms with E-state index < -0.39 is 0 Å². The molecule has 2 heterocycles. The Labute approximate surface area is 187 Å². The first kappa shape index (κ1) is 21.9. The van der Waals surface area contributed by atoms with Crippen LogP contribution in [0.5, 0.6) is 0 Å². The molecule has 0 unspecified atom stereocenters. The zero-order valence-corrected chi connectivity index (χ0v) is 19.4. The van der Waals surface area contributed by atoms with Crippen molar-refractivity contribution in [3.05, 3.63) is 69.9 Å².